The van der Waals surface area contributed by atoms with Gasteiger partial charge in [-0.3, -0.25) is 9.59 Å². The molecule has 0 spiro atoms. The van der Waals surface area contributed by atoms with Crippen molar-refractivity contribution in [1.29, 1.82) is 0 Å². The van der Waals surface area contributed by atoms with Crippen LogP contribution >= 0.6 is 0 Å². The number of allylic oxidation sites excluding steroid dienone is 1. The molecule has 5 nitrogen and oxygen atoms in total. The average molecular weight is 242 g/mol. The highest BCUT2D eigenvalue weighted by atomic mass is 16.5. The van der Waals surface area contributed by atoms with Gasteiger partial charge in [0.1, 0.15) is 0 Å². The maximum Gasteiger partial charge on any atom is 0.323 e. The Bertz CT molecular complexity index is 316. The van der Waals surface area contributed by atoms with E-state index in [4.69, 9.17) is 14.2 Å². The molecule has 1 saturated carbocycles. The summed E-state index contributed by atoms with van der Waals surface area (Å²) in [6.07, 6.45) is 3.37. The van der Waals surface area contributed by atoms with Gasteiger partial charge in [0.15, 0.2) is 5.41 Å². The Labute approximate surface area is 101 Å². The van der Waals surface area contributed by atoms with Gasteiger partial charge in [-0.25, -0.2) is 0 Å². The summed E-state index contributed by atoms with van der Waals surface area (Å²) in [4.78, 5) is 23.5. The lowest BCUT2D eigenvalue weighted by Gasteiger charge is -2.22. The van der Waals surface area contributed by atoms with Gasteiger partial charge in [-0.05, 0) is 19.3 Å². The molecule has 0 aromatic rings. The molecule has 1 rings (SSSR count). The fourth-order valence-corrected chi connectivity index (χ4v) is 2.14. The summed E-state index contributed by atoms with van der Waals surface area (Å²) in [6.45, 7) is 0.480. The standard InChI is InChI=1S/C12H18O5/c1-15-7-5-9-4-6-12(8-9,10(13)16-2)11(14)17-3/h5H,4,6-8H2,1-3H3/b9-5-. The van der Waals surface area contributed by atoms with Gasteiger partial charge in [0.25, 0.3) is 0 Å². The van der Waals surface area contributed by atoms with Gasteiger partial charge in [0, 0.05) is 7.11 Å². The average Bonchev–Trinajstić information content (AvgIpc) is 2.79. The predicted molar refractivity (Wildman–Crippen MR) is 60.3 cm³/mol. The van der Waals surface area contributed by atoms with Crippen LogP contribution in [0.25, 0.3) is 0 Å². The third-order valence-electron chi connectivity index (χ3n) is 3.09. The molecule has 0 unspecified atom stereocenters. The quantitative estimate of drug-likeness (QED) is 0.419. The lowest BCUT2D eigenvalue weighted by Crippen LogP contribution is -2.38. The van der Waals surface area contributed by atoms with Crippen LogP contribution in [0.4, 0.5) is 0 Å². The molecule has 5 heteroatoms. The zero-order chi connectivity index (χ0) is 12.9. The van der Waals surface area contributed by atoms with E-state index in [-0.39, 0.29) is 0 Å². The van der Waals surface area contributed by atoms with E-state index in [2.05, 4.69) is 0 Å². The molecule has 1 aliphatic carbocycles. The number of methoxy groups -OCH3 is 3. The third kappa shape index (κ3) is 2.66. The summed E-state index contributed by atoms with van der Waals surface area (Å²) in [5.74, 6) is -1.05. The largest absolute Gasteiger partial charge is 0.468 e. The fourth-order valence-electron chi connectivity index (χ4n) is 2.14. The van der Waals surface area contributed by atoms with Crippen LogP contribution in [0, 0.1) is 5.41 Å². The highest BCUT2D eigenvalue weighted by Crippen LogP contribution is 2.43. The van der Waals surface area contributed by atoms with E-state index in [9.17, 15) is 9.59 Å². The zero-order valence-electron chi connectivity index (χ0n) is 10.4. The molecular formula is C12H18O5. The molecule has 0 N–H and O–H groups in total. The second-order valence-corrected chi connectivity index (χ2v) is 4.06. The summed E-state index contributed by atoms with van der Waals surface area (Å²) >= 11 is 0. The van der Waals surface area contributed by atoms with Crippen LogP contribution in [0.2, 0.25) is 0 Å². The number of rotatable bonds is 4. The van der Waals surface area contributed by atoms with Gasteiger partial charge in [0.2, 0.25) is 0 Å². The van der Waals surface area contributed by atoms with Crippen molar-refractivity contribution in [2.75, 3.05) is 27.9 Å². The second-order valence-electron chi connectivity index (χ2n) is 4.06. The molecule has 0 atom stereocenters. The molecule has 0 aromatic carbocycles. The number of carbonyl (C=O) groups is 2. The van der Waals surface area contributed by atoms with Crippen molar-refractivity contribution in [2.45, 2.75) is 19.3 Å². The topological polar surface area (TPSA) is 61.8 Å². The number of hydrogen-bond acceptors (Lipinski definition) is 5. The molecule has 17 heavy (non-hydrogen) atoms. The van der Waals surface area contributed by atoms with Gasteiger partial charge < -0.3 is 14.2 Å². The van der Waals surface area contributed by atoms with Crippen molar-refractivity contribution >= 4 is 11.9 Å². The van der Waals surface area contributed by atoms with Crippen LogP contribution in [-0.2, 0) is 23.8 Å². The third-order valence-corrected chi connectivity index (χ3v) is 3.09. The smallest absolute Gasteiger partial charge is 0.323 e. The Hall–Kier alpha value is -1.36. The van der Waals surface area contributed by atoms with E-state index >= 15 is 0 Å². The molecule has 1 aliphatic rings. The van der Waals surface area contributed by atoms with Crippen molar-refractivity contribution in [1.82, 2.24) is 0 Å². The normalized spacial score (nSPS) is 20.3. The Morgan fingerprint density at radius 1 is 1.24 bits per heavy atom. The number of ether oxygens (including phenoxy) is 3. The Morgan fingerprint density at radius 3 is 2.29 bits per heavy atom. The summed E-state index contributed by atoms with van der Waals surface area (Å²) < 4.78 is 14.4. The van der Waals surface area contributed by atoms with Crippen molar-refractivity contribution in [3.8, 4) is 0 Å². The summed E-state index contributed by atoms with van der Waals surface area (Å²) in [5, 5.41) is 0. The Morgan fingerprint density at radius 2 is 1.82 bits per heavy atom. The van der Waals surface area contributed by atoms with Gasteiger partial charge in [-0.1, -0.05) is 11.6 Å². The molecule has 0 heterocycles. The molecule has 0 bridgehead atoms. The summed E-state index contributed by atoms with van der Waals surface area (Å²) in [6, 6.07) is 0. The lowest BCUT2D eigenvalue weighted by atomic mass is 9.86. The first kappa shape index (κ1) is 13.7. The van der Waals surface area contributed by atoms with E-state index in [1.807, 2.05) is 6.08 Å². The Kier molecular flexibility index (Phi) is 4.69. The highest BCUT2D eigenvalue weighted by Gasteiger charge is 2.51. The summed E-state index contributed by atoms with van der Waals surface area (Å²) in [7, 11) is 4.16. The van der Waals surface area contributed by atoms with E-state index in [0.29, 0.717) is 25.9 Å². The molecule has 1 fully saturated rings. The van der Waals surface area contributed by atoms with Crippen LogP contribution in [0.1, 0.15) is 19.3 Å². The van der Waals surface area contributed by atoms with Crippen molar-refractivity contribution in [3.05, 3.63) is 11.6 Å². The van der Waals surface area contributed by atoms with Crippen LogP contribution in [0.15, 0.2) is 11.6 Å². The van der Waals surface area contributed by atoms with Crippen LogP contribution in [-0.4, -0.2) is 39.9 Å². The number of esters is 2. The lowest BCUT2D eigenvalue weighted by molar-refractivity contribution is -0.168. The minimum absolute atomic E-state index is 0.357. The molecule has 96 valence electrons. The molecule has 0 aliphatic heterocycles. The Balaban J connectivity index is 2.89. The minimum atomic E-state index is -1.16. The van der Waals surface area contributed by atoms with Crippen molar-refractivity contribution < 1.29 is 23.8 Å². The first-order valence-corrected chi connectivity index (χ1v) is 5.44. The first-order chi connectivity index (χ1) is 8.10. The SMILES string of the molecule is COC/C=C1/CCC(C(=O)OC)(C(=O)OC)C1. The van der Waals surface area contributed by atoms with Crippen LogP contribution < -0.4 is 0 Å². The van der Waals surface area contributed by atoms with Gasteiger partial charge in [0.05, 0.1) is 20.8 Å². The highest BCUT2D eigenvalue weighted by molar-refractivity contribution is 6.00. The number of carbonyl (C=O) groups excluding carboxylic acids is 2. The van der Waals surface area contributed by atoms with Crippen LogP contribution in [0.3, 0.4) is 0 Å². The molecule has 0 amide bonds. The maximum atomic E-state index is 11.8. The monoisotopic (exact) mass is 242 g/mol. The van der Waals surface area contributed by atoms with E-state index in [1.54, 1.807) is 7.11 Å². The van der Waals surface area contributed by atoms with Crippen molar-refractivity contribution in [2.24, 2.45) is 5.41 Å². The van der Waals surface area contributed by atoms with Crippen LogP contribution in [0.5, 0.6) is 0 Å². The maximum absolute atomic E-state index is 11.8. The van der Waals surface area contributed by atoms with E-state index in [0.717, 1.165) is 5.57 Å². The zero-order valence-corrected chi connectivity index (χ0v) is 10.4. The van der Waals surface area contributed by atoms with Gasteiger partial charge in [-0.15, -0.1) is 0 Å². The fraction of sp³-hybridized carbons (Fsp3) is 0.667. The second kappa shape index (κ2) is 5.82. The molecular weight excluding hydrogens is 224 g/mol. The number of hydrogen-bond donors (Lipinski definition) is 0. The molecule has 0 radical (unpaired) electrons. The van der Waals surface area contributed by atoms with Crippen molar-refractivity contribution in [3.63, 3.8) is 0 Å². The van der Waals surface area contributed by atoms with Gasteiger partial charge in [-0.2, -0.15) is 0 Å². The minimum Gasteiger partial charge on any atom is -0.468 e. The molecule has 0 aromatic heterocycles. The summed E-state index contributed by atoms with van der Waals surface area (Å²) in [5.41, 5.74) is -0.133. The first-order valence-electron chi connectivity index (χ1n) is 5.44. The molecule has 0 saturated heterocycles. The van der Waals surface area contributed by atoms with Gasteiger partial charge >= 0.3 is 11.9 Å². The predicted octanol–water partition coefficient (Wildman–Crippen LogP) is 1.08. The van der Waals surface area contributed by atoms with E-state index < -0.39 is 17.4 Å². The van der Waals surface area contributed by atoms with E-state index in [1.165, 1.54) is 14.2 Å².